The fourth-order valence-electron chi connectivity index (χ4n) is 2.52. The van der Waals surface area contributed by atoms with Crippen LogP contribution in [-0.2, 0) is 4.74 Å². The van der Waals surface area contributed by atoms with Gasteiger partial charge in [-0.15, -0.1) is 0 Å². The lowest BCUT2D eigenvalue weighted by atomic mass is 9.87. The molecule has 19 heavy (non-hydrogen) atoms. The molecular weight excluding hydrogens is 240 g/mol. The molecule has 0 aromatic heterocycles. The Labute approximate surface area is 117 Å². The predicted octanol–water partition coefficient (Wildman–Crippen LogP) is 3.07. The third-order valence-corrected chi connectivity index (χ3v) is 3.41. The Hall–Kier alpha value is -0.770. The van der Waals surface area contributed by atoms with E-state index in [0.29, 0.717) is 6.04 Å². The molecule has 4 heteroatoms. The number of alkyl carbamates (subject to hydrolysis) is 1. The lowest BCUT2D eigenvalue weighted by molar-refractivity contribution is 0.0507. The summed E-state index contributed by atoms with van der Waals surface area (Å²) >= 11 is 0. The zero-order valence-electron chi connectivity index (χ0n) is 13.1. The summed E-state index contributed by atoms with van der Waals surface area (Å²) < 4.78 is 5.24. The molecule has 0 heterocycles. The van der Waals surface area contributed by atoms with Crippen molar-refractivity contribution in [2.24, 2.45) is 5.92 Å². The number of carbonyl (C=O) groups is 1. The van der Waals surface area contributed by atoms with E-state index in [4.69, 9.17) is 4.74 Å². The van der Waals surface area contributed by atoms with E-state index in [1.165, 1.54) is 25.7 Å². The Morgan fingerprint density at radius 3 is 2.63 bits per heavy atom. The maximum atomic E-state index is 11.6. The van der Waals surface area contributed by atoms with Crippen LogP contribution in [0.25, 0.3) is 0 Å². The second kappa shape index (κ2) is 7.13. The van der Waals surface area contributed by atoms with Gasteiger partial charge in [-0.05, 0) is 46.5 Å². The fourth-order valence-corrected chi connectivity index (χ4v) is 2.52. The van der Waals surface area contributed by atoms with Crippen molar-refractivity contribution in [1.82, 2.24) is 10.6 Å². The van der Waals surface area contributed by atoms with Gasteiger partial charge in [0.05, 0.1) is 0 Å². The number of carbonyl (C=O) groups excluding carboxylic acids is 1. The highest BCUT2D eigenvalue weighted by Crippen LogP contribution is 2.23. The van der Waals surface area contributed by atoms with Crippen LogP contribution in [0.1, 0.15) is 60.3 Å². The summed E-state index contributed by atoms with van der Waals surface area (Å²) in [6.45, 7) is 10.7. The molecule has 1 fully saturated rings. The van der Waals surface area contributed by atoms with Gasteiger partial charge in [-0.25, -0.2) is 4.79 Å². The average molecular weight is 270 g/mol. The van der Waals surface area contributed by atoms with E-state index >= 15 is 0 Å². The van der Waals surface area contributed by atoms with Gasteiger partial charge in [0.25, 0.3) is 0 Å². The van der Waals surface area contributed by atoms with Crippen LogP contribution in [0, 0.1) is 5.92 Å². The Bertz CT molecular complexity index is 286. The number of nitrogens with one attached hydrogen (secondary N) is 2. The van der Waals surface area contributed by atoms with Crippen molar-refractivity contribution in [2.45, 2.75) is 78.0 Å². The smallest absolute Gasteiger partial charge is 0.407 e. The number of rotatable bonds is 4. The van der Waals surface area contributed by atoms with Crippen molar-refractivity contribution < 1.29 is 9.53 Å². The summed E-state index contributed by atoms with van der Waals surface area (Å²) in [5, 5.41) is 6.41. The van der Waals surface area contributed by atoms with Crippen molar-refractivity contribution in [3.63, 3.8) is 0 Å². The molecule has 0 aromatic carbocycles. The molecule has 0 aliphatic heterocycles. The molecule has 1 amide bonds. The second-order valence-electron chi connectivity index (χ2n) is 6.92. The van der Waals surface area contributed by atoms with Gasteiger partial charge in [-0.1, -0.05) is 19.8 Å². The molecule has 4 nitrogen and oxygen atoms in total. The van der Waals surface area contributed by atoms with E-state index in [1.807, 2.05) is 27.7 Å². The molecule has 1 rings (SSSR count). The molecule has 0 radical (unpaired) electrons. The van der Waals surface area contributed by atoms with Gasteiger partial charge >= 0.3 is 6.09 Å². The average Bonchev–Trinajstić information content (AvgIpc) is 2.23. The second-order valence-corrected chi connectivity index (χ2v) is 6.92. The molecule has 1 aliphatic rings. The van der Waals surface area contributed by atoms with E-state index in [1.54, 1.807) is 0 Å². The summed E-state index contributed by atoms with van der Waals surface area (Å²) in [4.78, 5) is 11.6. The minimum atomic E-state index is -0.434. The van der Waals surface area contributed by atoms with Crippen LogP contribution in [-0.4, -0.2) is 30.3 Å². The Morgan fingerprint density at radius 1 is 1.37 bits per heavy atom. The zero-order chi connectivity index (χ0) is 14.5. The van der Waals surface area contributed by atoms with Gasteiger partial charge in [0.2, 0.25) is 0 Å². The fraction of sp³-hybridized carbons (Fsp3) is 0.933. The van der Waals surface area contributed by atoms with Gasteiger partial charge in [-0.3, -0.25) is 0 Å². The molecule has 1 aliphatic carbocycles. The number of amides is 1. The van der Waals surface area contributed by atoms with Gasteiger partial charge in [-0.2, -0.15) is 0 Å². The normalized spacial score (nSPS) is 25.7. The van der Waals surface area contributed by atoms with E-state index in [9.17, 15) is 4.79 Å². The molecule has 3 atom stereocenters. The van der Waals surface area contributed by atoms with E-state index in [-0.39, 0.29) is 12.1 Å². The maximum Gasteiger partial charge on any atom is 0.407 e. The van der Waals surface area contributed by atoms with E-state index in [0.717, 1.165) is 12.5 Å². The Morgan fingerprint density at radius 2 is 2.05 bits per heavy atom. The first-order valence-corrected chi connectivity index (χ1v) is 7.49. The lowest BCUT2D eigenvalue weighted by Gasteiger charge is -2.29. The molecule has 0 aromatic rings. The van der Waals surface area contributed by atoms with Crippen LogP contribution < -0.4 is 10.6 Å². The first-order valence-electron chi connectivity index (χ1n) is 7.49. The maximum absolute atomic E-state index is 11.6. The van der Waals surface area contributed by atoms with Crippen molar-refractivity contribution in [1.29, 1.82) is 0 Å². The van der Waals surface area contributed by atoms with Crippen LogP contribution in [0.4, 0.5) is 4.79 Å². The third kappa shape index (κ3) is 7.41. The van der Waals surface area contributed by atoms with Crippen LogP contribution in [0.2, 0.25) is 0 Å². The van der Waals surface area contributed by atoms with Crippen molar-refractivity contribution in [2.75, 3.05) is 6.54 Å². The summed E-state index contributed by atoms with van der Waals surface area (Å²) in [5.41, 5.74) is -0.434. The summed E-state index contributed by atoms with van der Waals surface area (Å²) in [5.74, 6) is 0.820. The molecule has 112 valence electrons. The van der Waals surface area contributed by atoms with Crippen LogP contribution in [0.5, 0.6) is 0 Å². The quantitative estimate of drug-likeness (QED) is 0.825. The standard InChI is InChI=1S/C15H30N2O2/c1-11-7-6-8-13(9-11)16-10-12(2)17-14(18)19-15(3,4)5/h11-13,16H,6-10H2,1-5H3,(H,17,18). The number of ether oxygens (including phenoxy) is 1. The van der Waals surface area contributed by atoms with E-state index in [2.05, 4.69) is 17.6 Å². The predicted molar refractivity (Wildman–Crippen MR) is 78.3 cm³/mol. The molecule has 1 saturated carbocycles. The Balaban J connectivity index is 2.20. The van der Waals surface area contributed by atoms with Crippen LogP contribution in [0.15, 0.2) is 0 Å². The number of hydrogen-bond donors (Lipinski definition) is 2. The topological polar surface area (TPSA) is 50.4 Å². The van der Waals surface area contributed by atoms with Gasteiger partial charge in [0.15, 0.2) is 0 Å². The molecule has 0 spiro atoms. The minimum Gasteiger partial charge on any atom is -0.444 e. The van der Waals surface area contributed by atoms with Gasteiger partial charge in [0, 0.05) is 18.6 Å². The monoisotopic (exact) mass is 270 g/mol. The summed E-state index contributed by atoms with van der Waals surface area (Å²) in [6, 6.07) is 0.693. The highest BCUT2D eigenvalue weighted by Gasteiger charge is 2.20. The summed E-state index contributed by atoms with van der Waals surface area (Å²) in [7, 11) is 0. The van der Waals surface area contributed by atoms with Crippen molar-refractivity contribution in [3.05, 3.63) is 0 Å². The third-order valence-electron chi connectivity index (χ3n) is 3.41. The van der Waals surface area contributed by atoms with Crippen LogP contribution in [0.3, 0.4) is 0 Å². The summed E-state index contributed by atoms with van der Waals surface area (Å²) in [6.07, 6.45) is 4.83. The largest absolute Gasteiger partial charge is 0.444 e. The first kappa shape index (κ1) is 16.3. The molecule has 2 N–H and O–H groups in total. The van der Waals surface area contributed by atoms with Crippen LogP contribution >= 0.6 is 0 Å². The molecule has 3 unspecified atom stereocenters. The minimum absolute atomic E-state index is 0.0899. The lowest BCUT2D eigenvalue weighted by Crippen LogP contribution is -2.45. The van der Waals surface area contributed by atoms with E-state index < -0.39 is 5.60 Å². The highest BCUT2D eigenvalue weighted by molar-refractivity contribution is 5.68. The van der Waals surface area contributed by atoms with Gasteiger partial charge in [0.1, 0.15) is 5.60 Å². The van der Waals surface area contributed by atoms with Crippen molar-refractivity contribution in [3.8, 4) is 0 Å². The SMILES string of the molecule is CC1CCCC(NCC(C)NC(=O)OC(C)(C)C)C1. The Kier molecular flexibility index (Phi) is 6.11. The zero-order valence-corrected chi connectivity index (χ0v) is 13.1. The first-order chi connectivity index (χ1) is 8.76. The van der Waals surface area contributed by atoms with Crippen molar-refractivity contribution >= 4 is 6.09 Å². The highest BCUT2D eigenvalue weighted by atomic mass is 16.6. The molecule has 0 bridgehead atoms. The van der Waals surface area contributed by atoms with Gasteiger partial charge < -0.3 is 15.4 Å². The molecular formula is C15H30N2O2. The molecule has 0 saturated heterocycles. The number of hydrogen-bond acceptors (Lipinski definition) is 3.